The SMILES string of the molecule is CCCc1noc(CNC(C(=O)OC)c2ccccc2)n1. The number of ether oxygens (including phenoxy) is 1. The van der Waals surface area contributed by atoms with E-state index in [1.807, 2.05) is 30.3 Å². The van der Waals surface area contributed by atoms with Gasteiger partial charge < -0.3 is 9.26 Å². The van der Waals surface area contributed by atoms with Crippen LogP contribution in [0.5, 0.6) is 0 Å². The van der Waals surface area contributed by atoms with E-state index >= 15 is 0 Å². The van der Waals surface area contributed by atoms with Crippen LogP contribution in [0.2, 0.25) is 0 Å². The number of carbonyl (C=O) groups is 1. The first-order chi connectivity index (χ1) is 10.2. The number of benzene rings is 1. The van der Waals surface area contributed by atoms with Crippen LogP contribution in [0.3, 0.4) is 0 Å². The number of nitrogens with zero attached hydrogens (tertiary/aromatic N) is 2. The highest BCUT2D eigenvalue weighted by atomic mass is 16.5. The van der Waals surface area contributed by atoms with Gasteiger partial charge in [0.25, 0.3) is 0 Å². The van der Waals surface area contributed by atoms with E-state index in [1.165, 1.54) is 7.11 Å². The average molecular weight is 289 g/mol. The van der Waals surface area contributed by atoms with Gasteiger partial charge in [-0.25, -0.2) is 4.79 Å². The summed E-state index contributed by atoms with van der Waals surface area (Å²) in [5.41, 5.74) is 0.831. The van der Waals surface area contributed by atoms with E-state index < -0.39 is 6.04 Å². The van der Waals surface area contributed by atoms with Gasteiger partial charge in [-0.2, -0.15) is 4.98 Å². The second-order valence-electron chi connectivity index (χ2n) is 4.60. The van der Waals surface area contributed by atoms with Crippen LogP contribution in [0.25, 0.3) is 0 Å². The molecule has 1 unspecified atom stereocenters. The van der Waals surface area contributed by atoms with Crippen LogP contribution in [-0.4, -0.2) is 23.2 Å². The molecular weight excluding hydrogens is 270 g/mol. The van der Waals surface area contributed by atoms with E-state index in [2.05, 4.69) is 22.4 Å². The second-order valence-corrected chi connectivity index (χ2v) is 4.60. The minimum absolute atomic E-state index is 0.311. The third kappa shape index (κ3) is 4.13. The van der Waals surface area contributed by atoms with E-state index in [4.69, 9.17) is 9.26 Å². The highest BCUT2D eigenvalue weighted by Gasteiger charge is 2.21. The summed E-state index contributed by atoms with van der Waals surface area (Å²) < 4.78 is 9.97. The summed E-state index contributed by atoms with van der Waals surface area (Å²) in [6.45, 7) is 2.36. The van der Waals surface area contributed by atoms with Crippen LogP contribution in [0.1, 0.15) is 36.7 Å². The third-order valence-corrected chi connectivity index (χ3v) is 3.01. The molecule has 1 atom stereocenters. The van der Waals surface area contributed by atoms with Gasteiger partial charge in [-0.1, -0.05) is 42.4 Å². The average Bonchev–Trinajstić information content (AvgIpc) is 2.96. The van der Waals surface area contributed by atoms with Gasteiger partial charge in [0.1, 0.15) is 6.04 Å². The zero-order valence-electron chi connectivity index (χ0n) is 12.2. The molecule has 0 aliphatic carbocycles. The summed E-state index contributed by atoms with van der Waals surface area (Å²) in [6, 6.07) is 8.82. The lowest BCUT2D eigenvalue weighted by molar-refractivity contribution is -0.143. The maximum absolute atomic E-state index is 11.9. The summed E-state index contributed by atoms with van der Waals surface area (Å²) >= 11 is 0. The van der Waals surface area contributed by atoms with Gasteiger partial charge in [-0.15, -0.1) is 0 Å². The van der Waals surface area contributed by atoms with E-state index in [-0.39, 0.29) is 5.97 Å². The fraction of sp³-hybridized carbons (Fsp3) is 0.400. The Bertz CT molecular complexity index is 569. The van der Waals surface area contributed by atoms with Crippen molar-refractivity contribution in [3.05, 3.63) is 47.6 Å². The molecule has 21 heavy (non-hydrogen) atoms. The van der Waals surface area contributed by atoms with Crippen molar-refractivity contribution < 1.29 is 14.1 Å². The quantitative estimate of drug-likeness (QED) is 0.786. The lowest BCUT2D eigenvalue weighted by Gasteiger charge is -2.15. The number of hydrogen-bond donors (Lipinski definition) is 1. The van der Waals surface area contributed by atoms with E-state index in [9.17, 15) is 4.79 Å². The first-order valence-electron chi connectivity index (χ1n) is 6.92. The summed E-state index contributed by atoms with van der Waals surface area (Å²) in [5.74, 6) is 0.793. The highest BCUT2D eigenvalue weighted by molar-refractivity contribution is 5.77. The molecule has 0 fully saturated rings. The molecular formula is C15H19N3O3. The van der Waals surface area contributed by atoms with E-state index in [1.54, 1.807) is 0 Å². The molecule has 2 aromatic rings. The van der Waals surface area contributed by atoms with E-state index in [0.29, 0.717) is 18.3 Å². The molecule has 1 aromatic heterocycles. The van der Waals surface area contributed by atoms with Crippen molar-refractivity contribution in [1.82, 2.24) is 15.5 Å². The van der Waals surface area contributed by atoms with Crippen molar-refractivity contribution in [2.45, 2.75) is 32.4 Å². The van der Waals surface area contributed by atoms with Crippen LogP contribution in [0.4, 0.5) is 0 Å². The van der Waals surface area contributed by atoms with Gasteiger partial charge in [0.2, 0.25) is 5.89 Å². The third-order valence-electron chi connectivity index (χ3n) is 3.01. The number of carbonyl (C=O) groups excluding carboxylic acids is 1. The molecule has 1 heterocycles. The fourth-order valence-electron chi connectivity index (χ4n) is 1.98. The zero-order chi connectivity index (χ0) is 15.1. The predicted molar refractivity (Wildman–Crippen MR) is 76.3 cm³/mol. The van der Waals surface area contributed by atoms with Crippen LogP contribution < -0.4 is 5.32 Å². The Morgan fingerprint density at radius 1 is 1.38 bits per heavy atom. The molecule has 0 bridgehead atoms. The molecule has 1 aromatic carbocycles. The van der Waals surface area contributed by atoms with Crippen LogP contribution >= 0.6 is 0 Å². The number of hydrogen-bond acceptors (Lipinski definition) is 6. The summed E-state index contributed by atoms with van der Waals surface area (Å²) in [7, 11) is 1.37. The predicted octanol–water partition coefficient (Wildman–Crippen LogP) is 2.03. The maximum atomic E-state index is 11.9. The van der Waals surface area contributed by atoms with Gasteiger partial charge in [0, 0.05) is 6.42 Å². The van der Waals surface area contributed by atoms with Crippen molar-refractivity contribution in [1.29, 1.82) is 0 Å². The minimum Gasteiger partial charge on any atom is -0.468 e. The molecule has 6 nitrogen and oxygen atoms in total. The van der Waals surface area contributed by atoms with Gasteiger partial charge in [0.15, 0.2) is 5.82 Å². The molecule has 0 aliphatic heterocycles. The fourth-order valence-corrected chi connectivity index (χ4v) is 1.98. The smallest absolute Gasteiger partial charge is 0.327 e. The number of aromatic nitrogens is 2. The summed E-state index contributed by atoms with van der Waals surface area (Å²) in [4.78, 5) is 16.1. The van der Waals surface area contributed by atoms with Crippen molar-refractivity contribution in [3.8, 4) is 0 Å². The van der Waals surface area contributed by atoms with Gasteiger partial charge in [-0.05, 0) is 12.0 Å². The van der Waals surface area contributed by atoms with Crippen LogP contribution in [0.15, 0.2) is 34.9 Å². The first-order valence-corrected chi connectivity index (χ1v) is 6.92. The van der Waals surface area contributed by atoms with Crippen LogP contribution in [0, 0.1) is 0 Å². The van der Waals surface area contributed by atoms with E-state index in [0.717, 1.165) is 18.4 Å². The number of nitrogens with one attached hydrogen (secondary N) is 1. The zero-order valence-corrected chi connectivity index (χ0v) is 12.2. The Hall–Kier alpha value is -2.21. The lowest BCUT2D eigenvalue weighted by Crippen LogP contribution is -2.29. The van der Waals surface area contributed by atoms with Crippen molar-refractivity contribution >= 4 is 5.97 Å². The number of aryl methyl sites for hydroxylation is 1. The largest absolute Gasteiger partial charge is 0.468 e. The van der Waals surface area contributed by atoms with Gasteiger partial charge >= 0.3 is 5.97 Å². The Balaban J connectivity index is 2.03. The topological polar surface area (TPSA) is 77.2 Å². The maximum Gasteiger partial charge on any atom is 0.327 e. The van der Waals surface area contributed by atoms with Gasteiger partial charge in [0.05, 0.1) is 13.7 Å². The molecule has 1 N–H and O–H groups in total. The normalized spacial score (nSPS) is 12.1. The molecule has 6 heteroatoms. The molecule has 0 aliphatic rings. The lowest BCUT2D eigenvalue weighted by atomic mass is 10.1. The number of rotatable bonds is 7. The molecule has 0 spiro atoms. The molecule has 0 radical (unpaired) electrons. The first kappa shape index (κ1) is 15.2. The second kappa shape index (κ2) is 7.54. The van der Waals surface area contributed by atoms with Gasteiger partial charge in [-0.3, -0.25) is 5.32 Å². The highest BCUT2D eigenvalue weighted by Crippen LogP contribution is 2.15. The minimum atomic E-state index is -0.558. The number of esters is 1. The van der Waals surface area contributed by atoms with Crippen molar-refractivity contribution in [2.75, 3.05) is 7.11 Å². The monoisotopic (exact) mass is 289 g/mol. The molecule has 0 amide bonds. The summed E-state index contributed by atoms with van der Waals surface area (Å²) in [6.07, 6.45) is 1.74. The number of methoxy groups -OCH3 is 1. The molecule has 112 valence electrons. The van der Waals surface area contributed by atoms with Crippen molar-refractivity contribution in [3.63, 3.8) is 0 Å². The molecule has 2 rings (SSSR count). The molecule has 0 saturated heterocycles. The standard InChI is InChI=1S/C15H19N3O3/c1-3-7-12-17-13(21-18-12)10-16-14(15(19)20-2)11-8-5-4-6-9-11/h4-6,8-9,14,16H,3,7,10H2,1-2H3. The van der Waals surface area contributed by atoms with Crippen molar-refractivity contribution in [2.24, 2.45) is 0 Å². The Morgan fingerprint density at radius 2 is 2.14 bits per heavy atom. The Labute approximate surface area is 123 Å². The molecule has 0 saturated carbocycles. The Morgan fingerprint density at radius 3 is 2.81 bits per heavy atom. The Kier molecular flexibility index (Phi) is 5.45. The summed E-state index contributed by atoms with van der Waals surface area (Å²) in [5, 5.41) is 6.97. The van der Waals surface area contributed by atoms with Crippen LogP contribution in [-0.2, 0) is 22.5 Å².